The number of aromatic nitrogens is 3. The van der Waals surface area contributed by atoms with E-state index in [4.69, 9.17) is 0 Å². The maximum absolute atomic E-state index is 11.2. The fraction of sp³-hybridized carbons (Fsp3) is 0.176. The number of hydrogen-bond donors (Lipinski definition) is 2. The summed E-state index contributed by atoms with van der Waals surface area (Å²) >= 11 is 0. The van der Waals surface area contributed by atoms with Crippen LogP contribution in [0.25, 0.3) is 5.52 Å². The summed E-state index contributed by atoms with van der Waals surface area (Å²) in [6.07, 6.45) is 4.93. The summed E-state index contributed by atoms with van der Waals surface area (Å²) in [5.41, 5.74) is 4.40. The van der Waals surface area contributed by atoms with Gasteiger partial charge in [0.1, 0.15) is 12.1 Å². The fourth-order valence-electron chi connectivity index (χ4n) is 2.52. The van der Waals surface area contributed by atoms with Gasteiger partial charge in [-0.3, -0.25) is 4.79 Å². The van der Waals surface area contributed by atoms with Crippen molar-refractivity contribution in [2.75, 3.05) is 10.6 Å². The SMILES string of the molecule is CC(=O)Nc1ccc(C)c(Nc2ncnn3cc([C-]=O)c(C)c23)c1.[W]. The average Bonchev–Trinajstić information content (AvgIpc) is 2.87. The molecule has 2 N–H and O–H groups in total. The van der Waals surface area contributed by atoms with Gasteiger partial charge in [-0.15, -0.1) is 11.1 Å². The van der Waals surface area contributed by atoms with Crippen LogP contribution in [-0.4, -0.2) is 26.8 Å². The van der Waals surface area contributed by atoms with Crippen molar-refractivity contribution < 1.29 is 30.7 Å². The van der Waals surface area contributed by atoms with Crippen LogP contribution < -0.4 is 10.6 Å². The van der Waals surface area contributed by atoms with Crippen LogP contribution in [0.1, 0.15) is 23.6 Å². The molecule has 0 aliphatic heterocycles. The van der Waals surface area contributed by atoms with Gasteiger partial charge >= 0.3 is 0 Å². The van der Waals surface area contributed by atoms with E-state index >= 15 is 0 Å². The third-order valence-corrected chi connectivity index (χ3v) is 3.75. The monoisotopic (exact) mass is 506 g/mol. The van der Waals surface area contributed by atoms with Gasteiger partial charge in [-0.25, -0.2) is 4.98 Å². The Morgan fingerprint density at radius 2 is 2.04 bits per heavy atom. The molecule has 2 heterocycles. The van der Waals surface area contributed by atoms with Crippen LogP contribution in [0.3, 0.4) is 0 Å². The molecule has 0 aliphatic rings. The van der Waals surface area contributed by atoms with Gasteiger partial charge in [0.15, 0.2) is 0 Å². The molecule has 0 aliphatic carbocycles. The molecular formula is C17H16N5O2W-. The van der Waals surface area contributed by atoms with Crippen LogP contribution in [0.4, 0.5) is 17.2 Å². The van der Waals surface area contributed by atoms with Crippen molar-refractivity contribution in [2.24, 2.45) is 0 Å². The van der Waals surface area contributed by atoms with Gasteiger partial charge in [0, 0.05) is 44.9 Å². The van der Waals surface area contributed by atoms with E-state index in [0.29, 0.717) is 22.6 Å². The Morgan fingerprint density at radius 1 is 1.28 bits per heavy atom. The van der Waals surface area contributed by atoms with Gasteiger partial charge in [0.25, 0.3) is 0 Å². The molecule has 0 spiro atoms. The standard InChI is InChI=1S/C17H16N5O2.W/c1-10-4-5-14(20-12(3)24)6-15(10)21-17-16-11(2)13(8-23)7-22(16)19-9-18-17;/h4-7,9H,1-3H3,(H,20,24)(H,18,19,21);/q-1;. The number of carbonyl (C=O) groups is 1. The predicted molar refractivity (Wildman–Crippen MR) is 91.3 cm³/mol. The Hall–Kier alpha value is -2.53. The summed E-state index contributed by atoms with van der Waals surface area (Å²) < 4.78 is 1.60. The van der Waals surface area contributed by atoms with Crippen molar-refractivity contribution in [3.05, 3.63) is 47.4 Å². The summed E-state index contributed by atoms with van der Waals surface area (Å²) in [6, 6.07) is 5.57. The maximum Gasteiger partial charge on any atom is 0.221 e. The normalized spacial score (nSPS) is 10.2. The number of anilines is 3. The number of amides is 1. The second kappa shape index (κ2) is 7.57. The Bertz CT molecular complexity index is 952. The smallest absolute Gasteiger partial charge is 0.221 e. The van der Waals surface area contributed by atoms with Gasteiger partial charge in [-0.05, 0) is 24.6 Å². The second-order valence-electron chi connectivity index (χ2n) is 5.51. The summed E-state index contributed by atoms with van der Waals surface area (Å²) in [4.78, 5) is 26.5. The van der Waals surface area contributed by atoms with Crippen LogP contribution in [0, 0.1) is 13.8 Å². The first-order chi connectivity index (χ1) is 11.5. The molecule has 1 amide bonds. The first-order valence-electron chi connectivity index (χ1n) is 7.36. The molecule has 0 saturated carbocycles. The molecular weight excluding hydrogens is 490 g/mol. The van der Waals surface area contributed by atoms with E-state index < -0.39 is 0 Å². The zero-order valence-corrected chi connectivity index (χ0v) is 16.9. The van der Waals surface area contributed by atoms with Crippen LogP contribution in [-0.2, 0) is 30.7 Å². The number of nitrogens with one attached hydrogen (secondary N) is 2. The fourth-order valence-corrected chi connectivity index (χ4v) is 2.52. The van der Waals surface area contributed by atoms with Crippen molar-refractivity contribution in [1.29, 1.82) is 0 Å². The molecule has 0 radical (unpaired) electrons. The first-order valence-corrected chi connectivity index (χ1v) is 7.36. The number of benzene rings is 1. The molecule has 25 heavy (non-hydrogen) atoms. The Morgan fingerprint density at radius 3 is 2.72 bits per heavy atom. The molecule has 8 heteroatoms. The minimum Gasteiger partial charge on any atom is -0.376 e. The average molecular weight is 506 g/mol. The van der Waals surface area contributed by atoms with Gasteiger partial charge in [-0.1, -0.05) is 19.2 Å². The van der Waals surface area contributed by atoms with Crippen LogP contribution in [0.15, 0.2) is 30.7 Å². The molecule has 0 atom stereocenters. The van der Waals surface area contributed by atoms with Crippen LogP contribution >= 0.6 is 0 Å². The Labute approximate surface area is 159 Å². The van der Waals surface area contributed by atoms with Crippen molar-refractivity contribution in [3.8, 4) is 0 Å². The summed E-state index contributed by atoms with van der Waals surface area (Å²) in [5.74, 6) is 0.440. The Kier molecular flexibility index (Phi) is 5.69. The van der Waals surface area contributed by atoms with E-state index in [0.717, 1.165) is 16.8 Å². The van der Waals surface area contributed by atoms with Crippen molar-refractivity contribution in [3.63, 3.8) is 0 Å². The van der Waals surface area contributed by atoms with E-state index in [-0.39, 0.29) is 27.0 Å². The Balaban J connectivity index is 0.00000225. The number of fused-ring (bicyclic) bond motifs is 1. The maximum atomic E-state index is 11.2. The van der Waals surface area contributed by atoms with Gasteiger partial charge in [0.2, 0.25) is 5.91 Å². The molecule has 0 fully saturated rings. The van der Waals surface area contributed by atoms with Crippen molar-refractivity contribution >= 4 is 34.9 Å². The topological polar surface area (TPSA) is 88.4 Å². The molecule has 7 nitrogen and oxygen atoms in total. The van der Waals surface area contributed by atoms with E-state index in [1.165, 1.54) is 13.3 Å². The molecule has 128 valence electrons. The largest absolute Gasteiger partial charge is 0.376 e. The van der Waals surface area contributed by atoms with E-state index in [9.17, 15) is 9.59 Å². The number of rotatable bonds is 4. The van der Waals surface area contributed by atoms with Crippen LogP contribution in [0.5, 0.6) is 0 Å². The minimum atomic E-state index is -0.136. The molecule has 0 unspecified atom stereocenters. The third-order valence-electron chi connectivity index (χ3n) is 3.75. The van der Waals surface area contributed by atoms with Crippen LogP contribution in [0.2, 0.25) is 0 Å². The molecule has 3 aromatic rings. The number of carbonyl (C=O) groups excluding carboxylic acids is 2. The third kappa shape index (κ3) is 3.77. The minimum absolute atomic E-state index is 0. The van der Waals surface area contributed by atoms with E-state index in [2.05, 4.69) is 20.7 Å². The molecule has 0 saturated heterocycles. The summed E-state index contributed by atoms with van der Waals surface area (Å²) in [5, 5.41) is 10.1. The van der Waals surface area contributed by atoms with Gasteiger partial charge < -0.3 is 19.9 Å². The zero-order chi connectivity index (χ0) is 17.3. The number of aryl methyl sites for hydroxylation is 2. The number of hydrogen-bond acceptors (Lipinski definition) is 5. The van der Waals surface area contributed by atoms with Crippen molar-refractivity contribution in [1.82, 2.24) is 14.6 Å². The molecule has 2 aromatic heterocycles. The summed E-state index contributed by atoms with van der Waals surface area (Å²) in [6.45, 7) is 5.24. The van der Waals surface area contributed by atoms with Gasteiger partial charge in [0.05, 0.1) is 6.29 Å². The summed E-state index contributed by atoms with van der Waals surface area (Å²) in [7, 11) is 0. The molecule has 1 aromatic carbocycles. The predicted octanol–water partition coefficient (Wildman–Crippen LogP) is 2.50. The van der Waals surface area contributed by atoms with E-state index in [1.807, 2.05) is 38.3 Å². The zero-order valence-electron chi connectivity index (χ0n) is 14.0. The number of nitrogens with zero attached hydrogens (tertiary/aromatic N) is 3. The molecule has 3 rings (SSSR count). The quantitative estimate of drug-likeness (QED) is 0.532. The first kappa shape index (κ1) is 18.8. The van der Waals surface area contributed by atoms with Gasteiger partial charge in [-0.2, -0.15) is 5.10 Å². The molecule has 0 bridgehead atoms. The van der Waals surface area contributed by atoms with Crippen molar-refractivity contribution in [2.45, 2.75) is 20.8 Å². The van der Waals surface area contributed by atoms with E-state index in [1.54, 1.807) is 10.7 Å². The second-order valence-corrected chi connectivity index (χ2v) is 5.51.